The van der Waals surface area contributed by atoms with Crippen LogP contribution < -0.4 is 0 Å². The monoisotopic (exact) mass is 303 g/mol. The van der Waals surface area contributed by atoms with Gasteiger partial charge in [-0.2, -0.15) is 0 Å². The fourth-order valence-electron chi connectivity index (χ4n) is 1.88. The predicted octanol–water partition coefficient (Wildman–Crippen LogP) is 3.16. The number of nitrogens with zero attached hydrogens (tertiary/aromatic N) is 1. The van der Waals surface area contributed by atoms with Crippen molar-refractivity contribution in [3.05, 3.63) is 34.1 Å². The van der Waals surface area contributed by atoms with Gasteiger partial charge in [0, 0.05) is 17.6 Å². The van der Waals surface area contributed by atoms with Crippen LogP contribution in [0.15, 0.2) is 22.7 Å². The van der Waals surface area contributed by atoms with E-state index in [9.17, 15) is 13.6 Å². The summed E-state index contributed by atoms with van der Waals surface area (Å²) < 4.78 is 26.3. The van der Waals surface area contributed by atoms with Crippen molar-refractivity contribution in [1.82, 2.24) is 4.90 Å². The molecular weight excluding hydrogens is 292 g/mol. The largest absolute Gasteiger partial charge is 0.338 e. The van der Waals surface area contributed by atoms with E-state index in [4.69, 9.17) is 0 Å². The summed E-state index contributed by atoms with van der Waals surface area (Å²) >= 11 is 3.16. The van der Waals surface area contributed by atoms with Crippen molar-refractivity contribution < 1.29 is 13.6 Å². The molecule has 1 heterocycles. The zero-order valence-electron chi connectivity index (χ0n) is 9.13. The first-order valence-corrected chi connectivity index (χ1v) is 6.25. The molecule has 92 valence electrons. The second-order valence-corrected chi connectivity index (χ2v) is 4.95. The quantitative estimate of drug-likeness (QED) is 0.780. The fourth-order valence-corrected chi connectivity index (χ4v) is 2.40. The van der Waals surface area contributed by atoms with E-state index in [1.165, 1.54) is 18.2 Å². The molecule has 0 bridgehead atoms. The van der Waals surface area contributed by atoms with Crippen molar-refractivity contribution >= 4 is 21.8 Å². The van der Waals surface area contributed by atoms with Gasteiger partial charge in [-0.05, 0) is 47.0 Å². The lowest BCUT2D eigenvalue weighted by Crippen LogP contribution is -2.39. The third-order valence-corrected chi connectivity index (χ3v) is 3.53. The minimum Gasteiger partial charge on any atom is -0.338 e. The smallest absolute Gasteiger partial charge is 0.255 e. The van der Waals surface area contributed by atoms with Crippen molar-refractivity contribution in [3.63, 3.8) is 0 Å². The number of amides is 1. The van der Waals surface area contributed by atoms with Gasteiger partial charge in [-0.15, -0.1) is 0 Å². The highest BCUT2D eigenvalue weighted by molar-refractivity contribution is 9.10. The maximum absolute atomic E-state index is 13.0. The van der Waals surface area contributed by atoms with Gasteiger partial charge in [0.05, 0.1) is 5.56 Å². The van der Waals surface area contributed by atoms with E-state index in [1.54, 1.807) is 4.90 Å². The van der Waals surface area contributed by atoms with Crippen LogP contribution in [0.25, 0.3) is 0 Å². The van der Waals surface area contributed by atoms with Crippen LogP contribution in [0.3, 0.4) is 0 Å². The molecule has 0 saturated carbocycles. The van der Waals surface area contributed by atoms with E-state index >= 15 is 0 Å². The first kappa shape index (κ1) is 12.5. The van der Waals surface area contributed by atoms with E-state index in [2.05, 4.69) is 15.9 Å². The van der Waals surface area contributed by atoms with Crippen LogP contribution in [0.4, 0.5) is 8.78 Å². The number of likely N-dealkylation sites (tertiary alicyclic amines) is 1. The van der Waals surface area contributed by atoms with Crippen molar-refractivity contribution in [2.75, 3.05) is 13.1 Å². The molecule has 1 saturated heterocycles. The minimum absolute atomic E-state index is 0.177. The first-order chi connectivity index (χ1) is 8.08. The van der Waals surface area contributed by atoms with Crippen molar-refractivity contribution in [2.45, 2.75) is 19.0 Å². The normalized spacial score (nSPS) is 17.2. The molecule has 1 amide bonds. The zero-order valence-corrected chi connectivity index (χ0v) is 10.7. The molecule has 5 heteroatoms. The molecular formula is C12H12BrF2NO. The molecule has 1 aromatic carbocycles. The zero-order chi connectivity index (χ0) is 12.4. The summed E-state index contributed by atoms with van der Waals surface area (Å²) in [5.41, 5.74) is 0.420. The molecule has 0 aromatic heterocycles. The standard InChI is InChI=1S/C12H12BrF2NO/c13-11-7-9(15)1-2-10(11)12(17)16-5-3-8(14)4-6-16/h1-2,7-8H,3-6H2. The number of benzene rings is 1. The van der Waals surface area contributed by atoms with Gasteiger partial charge in [-0.1, -0.05) is 0 Å². The van der Waals surface area contributed by atoms with Gasteiger partial charge in [0.25, 0.3) is 5.91 Å². The highest BCUT2D eigenvalue weighted by atomic mass is 79.9. The molecule has 1 aliphatic heterocycles. The highest BCUT2D eigenvalue weighted by Crippen LogP contribution is 2.22. The average molecular weight is 304 g/mol. The molecule has 1 aliphatic rings. The molecule has 0 spiro atoms. The van der Waals surface area contributed by atoms with E-state index in [0.29, 0.717) is 36.0 Å². The second kappa shape index (κ2) is 5.12. The molecule has 0 atom stereocenters. The van der Waals surface area contributed by atoms with Crippen LogP contribution >= 0.6 is 15.9 Å². The molecule has 0 aliphatic carbocycles. The Hall–Kier alpha value is -0.970. The fraction of sp³-hybridized carbons (Fsp3) is 0.417. The predicted molar refractivity (Wildman–Crippen MR) is 64.1 cm³/mol. The van der Waals surface area contributed by atoms with Gasteiger partial charge in [0.1, 0.15) is 12.0 Å². The van der Waals surface area contributed by atoms with Gasteiger partial charge in [-0.25, -0.2) is 8.78 Å². The van der Waals surface area contributed by atoms with E-state index in [0.717, 1.165) is 0 Å². The van der Waals surface area contributed by atoms with Crippen molar-refractivity contribution in [3.8, 4) is 0 Å². The molecule has 1 aromatic rings. The number of halogens is 3. The lowest BCUT2D eigenvalue weighted by atomic mass is 10.1. The van der Waals surface area contributed by atoms with Crippen molar-refractivity contribution in [1.29, 1.82) is 0 Å². The second-order valence-electron chi connectivity index (χ2n) is 4.09. The third-order valence-electron chi connectivity index (χ3n) is 2.87. The number of rotatable bonds is 1. The average Bonchev–Trinajstić information content (AvgIpc) is 2.29. The molecule has 0 radical (unpaired) electrons. The summed E-state index contributed by atoms with van der Waals surface area (Å²) in [5.74, 6) is -0.570. The minimum atomic E-state index is -0.810. The number of piperidine rings is 1. The highest BCUT2D eigenvalue weighted by Gasteiger charge is 2.24. The number of alkyl halides is 1. The number of hydrogen-bond acceptors (Lipinski definition) is 1. The SMILES string of the molecule is O=C(c1ccc(F)cc1Br)N1CCC(F)CC1. The maximum Gasteiger partial charge on any atom is 0.255 e. The molecule has 1 fully saturated rings. The Balaban J connectivity index is 2.14. The van der Waals surface area contributed by atoms with Gasteiger partial charge in [0.15, 0.2) is 0 Å². The number of hydrogen-bond donors (Lipinski definition) is 0. The van der Waals surface area contributed by atoms with E-state index in [1.807, 2.05) is 0 Å². The Labute approximate surface area is 107 Å². The molecule has 17 heavy (non-hydrogen) atoms. The van der Waals surface area contributed by atoms with Crippen molar-refractivity contribution in [2.24, 2.45) is 0 Å². The maximum atomic E-state index is 13.0. The summed E-state index contributed by atoms with van der Waals surface area (Å²) in [6, 6.07) is 3.96. The molecule has 0 unspecified atom stereocenters. The van der Waals surface area contributed by atoms with Gasteiger partial charge < -0.3 is 4.90 Å². The summed E-state index contributed by atoms with van der Waals surface area (Å²) in [6.07, 6.45) is -0.0505. The molecule has 0 N–H and O–H groups in total. The number of carbonyl (C=O) groups is 1. The summed E-state index contributed by atoms with van der Waals surface area (Å²) in [5, 5.41) is 0. The summed E-state index contributed by atoms with van der Waals surface area (Å²) in [6.45, 7) is 0.841. The topological polar surface area (TPSA) is 20.3 Å². The van der Waals surface area contributed by atoms with E-state index < -0.39 is 12.0 Å². The van der Waals surface area contributed by atoms with Crippen LogP contribution in [0, 0.1) is 5.82 Å². The lowest BCUT2D eigenvalue weighted by molar-refractivity contribution is 0.0666. The van der Waals surface area contributed by atoms with Gasteiger partial charge in [-0.3, -0.25) is 4.79 Å². The molecule has 2 nitrogen and oxygen atoms in total. The Kier molecular flexibility index (Phi) is 3.76. The first-order valence-electron chi connectivity index (χ1n) is 5.46. The Bertz CT molecular complexity index is 431. The van der Waals surface area contributed by atoms with Crippen LogP contribution in [-0.2, 0) is 0 Å². The Morgan fingerprint density at radius 1 is 1.35 bits per heavy atom. The van der Waals surface area contributed by atoms with Crippen LogP contribution in [-0.4, -0.2) is 30.1 Å². The van der Waals surface area contributed by atoms with Gasteiger partial charge >= 0.3 is 0 Å². The van der Waals surface area contributed by atoms with Crippen LogP contribution in [0.2, 0.25) is 0 Å². The third kappa shape index (κ3) is 2.83. The lowest BCUT2D eigenvalue weighted by Gasteiger charge is -2.29. The Morgan fingerprint density at radius 3 is 2.59 bits per heavy atom. The molecule has 2 rings (SSSR count). The Morgan fingerprint density at radius 2 is 2.00 bits per heavy atom. The summed E-state index contributed by atoms with van der Waals surface area (Å²) in [7, 11) is 0. The van der Waals surface area contributed by atoms with Crippen LogP contribution in [0.1, 0.15) is 23.2 Å². The number of carbonyl (C=O) groups excluding carboxylic acids is 1. The van der Waals surface area contributed by atoms with Gasteiger partial charge in [0.2, 0.25) is 0 Å². The van der Waals surface area contributed by atoms with Crippen LogP contribution in [0.5, 0.6) is 0 Å². The van der Waals surface area contributed by atoms with E-state index in [-0.39, 0.29) is 5.91 Å². The summed E-state index contributed by atoms with van der Waals surface area (Å²) in [4.78, 5) is 13.7.